The SMILES string of the molecule is CC(Cc1ccc(C#N)cc1)(NC(=O)[C@H]1CCCN(CC(c2ccccc2)c2ccccc2Cl)C1)c1cnc[nH]1. The molecular weight excluding hydrogens is 518 g/mol. The fourth-order valence-corrected chi connectivity index (χ4v) is 6.03. The van der Waals surface area contributed by atoms with Gasteiger partial charge in [0.1, 0.15) is 0 Å². The number of nitrogens with one attached hydrogen (secondary N) is 2. The number of aromatic nitrogens is 2. The molecular formula is C33H34ClN5O. The van der Waals surface area contributed by atoms with Crippen LogP contribution in [0, 0.1) is 17.2 Å². The Labute approximate surface area is 241 Å². The molecule has 7 heteroatoms. The standard InChI is InChI=1S/C33H34ClN5O/c1-33(31-20-36-23-37-31,18-24-13-15-25(19-35)16-14-24)38-32(40)27-10-7-17-39(21-27)22-29(26-8-3-2-4-9-26)28-11-5-6-12-30(28)34/h2-6,8-9,11-16,20,23,27,29H,7,10,17-18,21-22H2,1H3,(H,36,37)(H,38,40)/t27-,29?,33?/m0/s1. The van der Waals surface area contributed by atoms with Crippen LogP contribution in [-0.4, -0.2) is 40.4 Å². The molecule has 1 aliphatic rings. The minimum atomic E-state index is -0.672. The molecule has 5 rings (SSSR count). The zero-order valence-corrected chi connectivity index (χ0v) is 23.4. The van der Waals surface area contributed by atoms with E-state index in [1.54, 1.807) is 12.5 Å². The Hall–Kier alpha value is -3.92. The number of benzene rings is 3. The maximum Gasteiger partial charge on any atom is 0.225 e. The predicted molar refractivity (Wildman–Crippen MR) is 158 cm³/mol. The smallest absolute Gasteiger partial charge is 0.225 e. The Morgan fingerprint density at radius 3 is 2.60 bits per heavy atom. The number of hydrogen-bond acceptors (Lipinski definition) is 4. The van der Waals surface area contributed by atoms with E-state index in [9.17, 15) is 4.79 Å². The summed E-state index contributed by atoms with van der Waals surface area (Å²) in [5.74, 6) is 0.0347. The Kier molecular flexibility index (Phi) is 8.64. The highest BCUT2D eigenvalue weighted by molar-refractivity contribution is 6.31. The summed E-state index contributed by atoms with van der Waals surface area (Å²) in [6.45, 7) is 4.46. The number of rotatable bonds is 9. The molecule has 2 heterocycles. The van der Waals surface area contributed by atoms with Crippen molar-refractivity contribution in [2.24, 2.45) is 5.92 Å². The van der Waals surface area contributed by atoms with Crippen LogP contribution >= 0.6 is 11.6 Å². The van der Waals surface area contributed by atoms with E-state index in [1.165, 1.54) is 5.56 Å². The number of hydrogen-bond donors (Lipinski definition) is 2. The molecule has 1 fully saturated rings. The van der Waals surface area contributed by atoms with Gasteiger partial charge in [-0.25, -0.2) is 4.98 Å². The van der Waals surface area contributed by atoms with Gasteiger partial charge in [-0.2, -0.15) is 5.26 Å². The summed E-state index contributed by atoms with van der Waals surface area (Å²) in [5.41, 5.74) is 4.15. The van der Waals surface area contributed by atoms with Crippen LogP contribution in [0.2, 0.25) is 5.02 Å². The Morgan fingerprint density at radius 2 is 1.90 bits per heavy atom. The summed E-state index contributed by atoms with van der Waals surface area (Å²) in [7, 11) is 0. The zero-order valence-electron chi connectivity index (χ0n) is 22.7. The second kappa shape index (κ2) is 12.5. The van der Waals surface area contributed by atoms with Gasteiger partial charge >= 0.3 is 0 Å². The Balaban J connectivity index is 1.32. The van der Waals surface area contributed by atoms with Crippen molar-refractivity contribution in [3.8, 4) is 6.07 Å². The van der Waals surface area contributed by atoms with Crippen molar-refractivity contribution in [3.63, 3.8) is 0 Å². The maximum atomic E-state index is 13.8. The number of piperidine rings is 1. The molecule has 1 aromatic heterocycles. The van der Waals surface area contributed by atoms with Gasteiger partial charge in [0.05, 0.1) is 41.3 Å². The highest BCUT2D eigenvalue weighted by atomic mass is 35.5. The average Bonchev–Trinajstić information content (AvgIpc) is 3.54. The minimum absolute atomic E-state index is 0.0458. The van der Waals surface area contributed by atoms with Gasteiger partial charge in [-0.15, -0.1) is 0 Å². The van der Waals surface area contributed by atoms with Gasteiger partial charge in [0.2, 0.25) is 5.91 Å². The van der Waals surface area contributed by atoms with Gasteiger partial charge in [0.25, 0.3) is 0 Å². The summed E-state index contributed by atoms with van der Waals surface area (Å²) in [5, 5.41) is 13.3. The van der Waals surface area contributed by atoms with Crippen LogP contribution in [0.5, 0.6) is 0 Å². The predicted octanol–water partition coefficient (Wildman–Crippen LogP) is 6.05. The van der Waals surface area contributed by atoms with E-state index >= 15 is 0 Å². The molecule has 3 aromatic carbocycles. The van der Waals surface area contributed by atoms with Crippen LogP contribution in [0.1, 0.15) is 53.6 Å². The summed E-state index contributed by atoms with van der Waals surface area (Å²) in [4.78, 5) is 23.6. The van der Waals surface area contributed by atoms with Crippen molar-refractivity contribution in [1.29, 1.82) is 5.26 Å². The first-order chi connectivity index (χ1) is 19.4. The van der Waals surface area contributed by atoms with E-state index in [-0.39, 0.29) is 17.7 Å². The van der Waals surface area contributed by atoms with Crippen molar-refractivity contribution >= 4 is 17.5 Å². The van der Waals surface area contributed by atoms with E-state index < -0.39 is 5.54 Å². The molecule has 1 aliphatic heterocycles. The van der Waals surface area contributed by atoms with Crippen molar-refractivity contribution in [2.75, 3.05) is 19.6 Å². The fourth-order valence-electron chi connectivity index (χ4n) is 5.76. The van der Waals surface area contributed by atoms with Crippen molar-refractivity contribution in [1.82, 2.24) is 20.2 Å². The number of H-pyrrole nitrogens is 1. The number of amides is 1. The molecule has 1 amide bonds. The number of likely N-dealkylation sites (tertiary alicyclic amines) is 1. The largest absolute Gasteiger partial charge is 0.347 e. The third-order valence-electron chi connectivity index (χ3n) is 7.93. The lowest BCUT2D eigenvalue weighted by atomic mass is 9.87. The molecule has 1 saturated heterocycles. The van der Waals surface area contributed by atoms with E-state index in [2.05, 4.69) is 56.6 Å². The van der Waals surface area contributed by atoms with E-state index in [0.717, 1.165) is 47.8 Å². The maximum absolute atomic E-state index is 13.8. The van der Waals surface area contributed by atoms with E-state index in [0.29, 0.717) is 18.5 Å². The lowest BCUT2D eigenvalue weighted by Gasteiger charge is -2.37. The molecule has 0 radical (unpaired) electrons. The van der Waals surface area contributed by atoms with Gasteiger partial charge in [0, 0.05) is 30.5 Å². The third kappa shape index (κ3) is 6.44. The van der Waals surface area contributed by atoms with Crippen LogP contribution in [-0.2, 0) is 16.8 Å². The molecule has 0 bridgehead atoms. The first-order valence-corrected chi connectivity index (χ1v) is 14.1. The molecule has 0 aliphatic carbocycles. The van der Waals surface area contributed by atoms with Crippen molar-refractivity contribution in [3.05, 3.63) is 124 Å². The molecule has 3 atom stereocenters. The third-order valence-corrected chi connectivity index (χ3v) is 8.28. The second-order valence-electron chi connectivity index (χ2n) is 10.9. The van der Waals surface area contributed by atoms with E-state index in [1.807, 2.05) is 55.5 Å². The van der Waals surface area contributed by atoms with E-state index in [4.69, 9.17) is 16.9 Å². The minimum Gasteiger partial charge on any atom is -0.347 e. The quantitative estimate of drug-likeness (QED) is 0.265. The summed E-state index contributed by atoms with van der Waals surface area (Å²) < 4.78 is 0. The summed E-state index contributed by atoms with van der Waals surface area (Å²) in [6, 6.07) is 28.2. The van der Waals surface area contributed by atoms with Crippen LogP contribution < -0.4 is 5.32 Å². The molecule has 6 nitrogen and oxygen atoms in total. The first-order valence-electron chi connectivity index (χ1n) is 13.8. The average molecular weight is 552 g/mol. The number of nitriles is 1. The van der Waals surface area contributed by atoms with Gasteiger partial charge in [-0.3, -0.25) is 4.79 Å². The van der Waals surface area contributed by atoms with Crippen LogP contribution in [0.25, 0.3) is 0 Å². The number of nitrogens with zero attached hydrogens (tertiary/aromatic N) is 3. The topological polar surface area (TPSA) is 84.8 Å². The molecule has 4 aromatic rings. The zero-order chi connectivity index (χ0) is 28.0. The first kappa shape index (κ1) is 27.6. The normalized spacial score (nSPS) is 17.9. The number of halogens is 1. The number of imidazole rings is 1. The van der Waals surface area contributed by atoms with Crippen LogP contribution in [0.15, 0.2) is 91.4 Å². The number of carbonyl (C=O) groups is 1. The van der Waals surface area contributed by atoms with Gasteiger partial charge in [-0.05, 0) is 61.2 Å². The van der Waals surface area contributed by atoms with Gasteiger partial charge < -0.3 is 15.2 Å². The number of aromatic amines is 1. The fraction of sp³-hybridized carbons (Fsp3) is 0.303. The lowest BCUT2D eigenvalue weighted by molar-refractivity contribution is -0.128. The van der Waals surface area contributed by atoms with Crippen LogP contribution in [0.4, 0.5) is 0 Å². The summed E-state index contributed by atoms with van der Waals surface area (Å²) in [6.07, 6.45) is 5.79. The molecule has 40 heavy (non-hydrogen) atoms. The monoisotopic (exact) mass is 551 g/mol. The number of carbonyl (C=O) groups excluding carboxylic acids is 1. The Morgan fingerprint density at radius 1 is 1.15 bits per heavy atom. The Bertz CT molecular complexity index is 1450. The van der Waals surface area contributed by atoms with Crippen molar-refractivity contribution in [2.45, 2.75) is 37.6 Å². The molecule has 204 valence electrons. The van der Waals surface area contributed by atoms with Gasteiger partial charge in [0.15, 0.2) is 0 Å². The highest BCUT2D eigenvalue weighted by Gasteiger charge is 2.35. The highest BCUT2D eigenvalue weighted by Crippen LogP contribution is 2.33. The molecule has 0 saturated carbocycles. The lowest BCUT2D eigenvalue weighted by Crippen LogP contribution is -2.51. The summed E-state index contributed by atoms with van der Waals surface area (Å²) >= 11 is 6.66. The molecule has 2 unspecified atom stereocenters. The second-order valence-corrected chi connectivity index (χ2v) is 11.3. The van der Waals surface area contributed by atoms with Crippen LogP contribution in [0.3, 0.4) is 0 Å². The van der Waals surface area contributed by atoms with Crippen molar-refractivity contribution < 1.29 is 4.79 Å². The van der Waals surface area contributed by atoms with Gasteiger partial charge in [-0.1, -0.05) is 72.3 Å². The molecule has 2 N–H and O–H groups in total. The molecule has 0 spiro atoms.